The average molecular weight is 554 g/mol. The summed E-state index contributed by atoms with van der Waals surface area (Å²) < 4.78 is 22.5. The summed E-state index contributed by atoms with van der Waals surface area (Å²) in [4.78, 5) is 16.8. The highest BCUT2D eigenvalue weighted by Gasteiger charge is 2.39. The van der Waals surface area contributed by atoms with Crippen LogP contribution in [0.5, 0.6) is 11.5 Å². The second-order valence-corrected chi connectivity index (χ2v) is 9.88. The normalized spacial score (nSPS) is 16.1. The first-order valence-corrected chi connectivity index (χ1v) is 13.8. The third-order valence-corrected chi connectivity index (χ3v) is 7.25. The molecule has 4 aromatic rings. The van der Waals surface area contributed by atoms with Crippen molar-refractivity contribution in [2.75, 3.05) is 13.7 Å². The van der Waals surface area contributed by atoms with E-state index in [0.29, 0.717) is 38.4 Å². The van der Waals surface area contributed by atoms with Gasteiger partial charge in [0.1, 0.15) is 29.6 Å². The van der Waals surface area contributed by atoms with E-state index in [2.05, 4.69) is 40.1 Å². The molecular formula is C33H35N3O5. The molecule has 1 aliphatic heterocycles. The summed E-state index contributed by atoms with van der Waals surface area (Å²) in [5, 5.41) is 0. The highest BCUT2D eigenvalue weighted by atomic mass is 16.5. The summed E-state index contributed by atoms with van der Waals surface area (Å²) >= 11 is 0. The molecule has 0 fully saturated rings. The summed E-state index contributed by atoms with van der Waals surface area (Å²) in [5.74, 6) is 2.65. The lowest BCUT2D eigenvalue weighted by Crippen LogP contribution is -2.45. The Morgan fingerprint density at radius 1 is 0.976 bits per heavy atom. The first kappa shape index (κ1) is 28.0. The smallest absolute Gasteiger partial charge is 0.306 e. The molecule has 41 heavy (non-hydrogen) atoms. The lowest BCUT2D eigenvalue weighted by Gasteiger charge is -2.33. The van der Waals surface area contributed by atoms with Crippen LogP contribution in [-0.2, 0) is 28.1 Å². The van der Waals surface area contributed by atoms with Crippen molar-refractivity contribution in [2.45, 2.75) is 45.3 Å². The van der Waals surface area contributed by atoms with Crippen LogP contribution in [0, 0.1) is 6.92 Å². The number of nitrogens with one attached hydrogen (secondary N) is 2. The quantitative estimate of drug-likeness (QED) is 0.206. The third-order valence-electron chi connectivity index (χ3n) is 7.25. The number of hydrogen-bond donors (Lipinski definition) is 2. The Morgan fingerprint density at radius 2 is 1.71 bits per heavy atom. The highest BCUT2D eigenvalue weighted by Crippen LogP contribution is 2.38. The van der Waals surface area contributed by atoms with Gasteiger partial charge in [-0.1, -0.05) is 42.5 Å². The fraction of sp³-hybridized carbons (Fsp3) is 0.273. The van der Waals surface area contributed by atoms with Crippen LogP contribution in [0.1, 0.15) is 42.3 Å². The van der Waals surface area contributed by atoms with Crippen LogP contribution in [0.4, 0.5) is 0 Å². The Morgan fingerprint density at radius 3 is 2.41 bits per heavy atom. The van der Waals surface area contributed by atoms with Crippen LogP contribution >= 0.6 is 0 Å². The number of ether oxygens (including phenoxy) is 3. The monoisotopic (exact) mass is 553 g/mol. The van der Waals surface area contributed by atoms with E-state index in [-0.39, 0.29) is 5.97 Å². The Balaban J connectivity index is 1.31. The van der Waals surface area contributed by atoms with E-state index in [1.165, 1.54) is 0 Å². The van der Waals surface area contributed by atoms with Gasteiger partial charge in [0.2, 0.25) is 5.89 Å². The van der Waals surface area contributed by atoms with Crippen molar-refractivity contribution < 1.29 is 23.4 Å². The molecule has 0 radical (unpaired) electrons. The molecular weight excluding hydrogens is 518 g/mol. The number of aromatic nitrogens is 1. The van der Waals surface area contributed by atoms with Crippen molar-refractivity contribution in [3.63, 3.8) is 0 Å². The summed E-state index contributed by atoms with van der Waals surface area (Å²) in [5.41, 5.74) is 11.1. The zero-order valence-corrected chi connectivity index (χ0v) is 23.6. The van der Waals surface area contributed by atoms with Gasteiger partial charge in [0.05, 0.1) is 19.3 Å². The van der Waals surface area contributed by atoms with Gasteiger partial charge in [0, 0.05) is 24.6 Å². The number of carbonyl (C=O) groups is 1. The number of rotatable bonds is 12. The van der Waals surface area contributed by atoms with Gasteiger partial charge in [-0.2, -0.15) is 0 Å². The Kier molecular flexibility index (Phi) is 8.70. The van der Waals surface area contributed by atoms with E-state index in [9.17, 15) is 4.79 Å². The minimum Gasteiger partial charge on any atom is -0.497 e. The molecule has 1 atom stereocenters. The van der Waals surface area contributed by atoms with Crippen LogP contribution in [0.25, 0.3) is 11.5 Å². The van der Waals surface area contributed by atoms with Crippen molar-refractivity contribution in [1.82, 2.24) is 15.8 Å². The molecule has 2 N–H and O–H groups in total. The number of esters is 1. The van der Waals surface area contributed by atoms with E-state index in [1.807, 2.05) is 74.6 Å². The van der Waals surface area contributed by atoms with Crippen molar-refractivity contribution in [3.05, 3.63) is 113 Å². The average Bonchev–Trinajstić information content (AvgIpc) is 3.59. The second-order valence-electron chi connectivity index (χ2n) is 9.88. The van der Waals surface area contributed by atoms with Crippen LogP contribution in [0.3, 0.4) is 0 Å². The summed E-state index contributed by atoms with van der Waals surface area (Å²) in [6.07, 6.45) is 3.48. The molecule has 0 aliphatic carbocycles. The van der Waals surface area contributed by atoms with Gasteiger partial charge in [0.25, 0.3) is 0 Å². The molecule has 8 nitrogen and oxygen atoms in total. The predicted molar refractivity (Wildman–Crippen MR) is 156 cm³/mol. The van der Waals surface area contributed by atoms with Gasteiger partial charge < -0.3 is 24.1 Å². The van der Waals surface area contributed by atoms with E-state index in [0.717, 1.165) is 45.2 Å². The van der Waals surface area contributed by atoms with Crippen molar-refractivity contribution >= 4 is 5.97 Å². The van der Waals surface area contributed by atoms with Gasteiger partial charge in [0.15, 0.2) is 0 Å². The lowest BCUT2D eigenvalue weighted by molar-refractivity contribution is -0.143. The summed E-state index contributed by atoms with van der Waals surface area (Å²) in [6.45, 7) is 4.40. The number of methoxy groups -OCH3 is 1. The Bertz CT molecular complexity index is 1480. The molecule has 0 amide bonds. The van der Waals surface area contributed by atoms with Crippen molar-refractivity contribution in [3.8, 4) is 23.0 Å². The lowest BCUT2D eigenvalue weighted by atomic mass is 9.77. The number of nitrogens with zero attached hydrogens (tertiary/aromatic N) is 1. The second kappa shape index (κ2) is 12.7. The number of aryl methyl sites for hydroxylation is 1. The number of hydrogen-bond acceptors (Lipinski definition) is 8. The van der Waals surface area contributed by atoms with Crippen LogP contribution < -0.4 is 20.3 Å². The number of oxazole rings is 1. The van der Waals surface area contributed by atoms with E-state index in [4.69, 9.17) is 18.6 Å². The molecule has 1 unspecified atom stereocenters. The van der Waals surface area contributed by atoms with E-state index in [1.54, 1.807) is 7.11 Å². The Hall–Kier alpha value is -4.56. The first-order valence-electron chi connectivity index (χ1n) is 13.8. The summed E-state index contributed by atoms with van der Waals surface area (Å²) in [6, 6.07) is 25.9. The fourth-order valence-electron chi connectivity index (χ4n) is 5.03. The number of carbonyl (C=O) groups excluding carboxylic acids is 1. The third kappa shape index (κ3) is 6.44. The molecule has 3 aromatic carbocycles. The Labute approximate surface area is 240 Å². The fourth-order valence-corrected chi connectivity index (χ4v) is 5.03. The first-order chi connectivity index (χ1) is 20.0. The van der Waals surface area contributed by atoms with Gasteiger partial charge in [-0.3, -0.25) is 4.79 Å². The SMILES string of the molecule is CCOC(=O)CCC1=CNNC1(Cc1ccc(OCc2nc(-c3ccccc3)oc2C)cc1)c1ccc(OC)cc1. The van der Waals surface area contributed by atoms with Crippen molar-refractivity contribution in [2.24, 2.45) is 0 Å². The molecule has 1 aliphatic rings. The molecule has 212 valence electrons. The predicted octanol–water partition coefficient (Wildman–Crippen LogP) is 6.01. The minimum atomic E-state index is -0.549. The zero-order chi connectivity index (χ0) is 28.7. The molecule has 5 rings (SSSR count). The molecule has 8 heteroatoms. The zero-order valence-electron chi connectivity index (χ0n) is 23.6. The maximum Gasteiger partial charge on any atom is 0.306 e. The molecule has 0 saturated heterocycles. The number of hydrazine groups is 1. The molecule has 2 heterocycles. The van der Waals surface area contributed by atoms with Gasteiger partial charge >= 0.3 is 5.97 Å². The highest BCUT2D eigenvalue weighted by molar-refractivity contribution is 5.69. The van der Waals surface area contributed by atoms with Crippen LogP contribution in [0.2, 0.25) is 0 Å². The van der Waals surface area contributed by atoms with Crippen molar-refractivity contribution in [1.29, 1.82) is 0 Å². The molecule has 0 spiro atoms. The molecule has 0 saturated carbocycles. The molecule has 1 aromatic heterocycles. The summed E-state index contributed by atoms with van der Waals surface area (Å²) in [7, 11) is 1.65. The van der Waals surface area contributed by atoms with E-state index >= 15 is 0 Å². The van der Waals surface area contributed by atoms with Crippen LogP contribution in [-0.4, -0.2) is 24.7 Å². The minimum absolute atomic E-state index is 0.205. The topological polar surface area (TPSA) is 94.9 Å². The van der Waals surface area contributed by atoms with Gasteiger partial charge in [-0.25, -0.2) is 10.4 Å². The van der Waals surface area contributed by atoms with E-state index < -0.39 is 5.54 Å². The van der Waals surface area contributed by atoms with Gasteiger partial charge in [-0.05, 0) is 73.4 Å². The maximum atomic E-state index is 12.2. The standard InChI is InChI=1S/C33H35N3O5/c1-4-39-31(37)19-14-27-21-34-36-33(27,26-12-17-28(38-3)18-13-26)20-24-10-15-29(16-11-24)40-22-30-23(2)41-32(35-30)25-8-6-5-7-9-25/h5-13,15-18,21,34,36H,4,14,19-20,22H2,1-3H3. The molecule has 0 bridgehead atoms. The maximum absolute atomic E-state index is 12.2. The van der Waals surface area contributed by atoms with Crippen LogP contribution in [0.15, 0.2) is 95.1 Å². The largest absolute Gasteiger partial charge is 0.497 e. The van der Waals surface area contributed by atoms with Gasteiger partial charge in [-0.15, -0.1) is 0 Å². The number of benzene rings is 3.